The Morgan fingerprint density at radius 2 is 1.87 bits per heavy atom. The Labute approximate surface area is 266 Å². The number of hydrogen-bond donors (Lipinski definition) is 3. The highest BCUT2D eigenvalue weighted by atomic mass is 16.5. The summed E-state index contributed by atoms with van der Waals surface area (Å²) < 4.78 is 7.45. The van der Waals surface area contributed by atoms with Crippen molar-refractivity contribution in [2.24, 2.45) is 4.99 Å². The zero-order valence-electron chi connectivity index (χ0n) is 27.1. The van der Waals surface area contributed by atoms with E-state index >= 15 is 0 Å². The molecule has 0 atom stereocenters. The molecule has 3 N–H and O–H groups in total. The van der Waals surface area contributed by atoms with Crippen LogP contribution in [0.3, 0.4) is 0 Å². The number of unbranched alkanes of at least 4 members (excludes halogenated alkanes) is 4. The van der Waals surface area contributed by atoms with Crippen molar-refractivity contribution in [3.8, 4) is 0 Å². The van der Waals surface area contributed by atoms with Crippen LogP contribution < -0.4 is 10.6 Å². The Morgan fingerprint density at radius 1 is 1.11 bits per heavy atom. The minimum Gasteiger partial charge on any atom is -0.395 e. The van der Waals surface area contributed by atoms with E-state index in [0.717, 1.165) is 79.5 Å². The Bertz CT molecular complexity index is 1430. The van der Waals surface area contributed by atoms with Gasteiger partial charge < -0.3 is 25.4 Å². The maximum Gasteiger partial charge on any atom is 0.279 e. The molecule has 0 spiro atoms. The number of nitrogens with one attached hydrogen (secondary N) is 2. The number of nitrogens with zero attached hydrogens (tertiary/aromatic N) is 5. The van der Waals surface area contributed by atoms with E-state index in [1.54, 1.807) is 30.5 Å². The molecular formula is C34H49N7O4. The third-order valence-electron chi connectivity index (χ3n) is 8.27. The summed E-state index contributed by atoms with van der Waals surface area (Å²) in [6.45, 7) is 8.04. The second kappa shape index (κ2) is 17.7. The van der Waals surface area contributed by atoms with Gasteiger partial charge in [0.1, 0.15) is 0 Å². The van der Waals surface area contributed by atoms with Crippen LogP contribution in [-0.2, 0) is 22.5 Å². The maximum absolute atomic E-state index is 13.4. The van der Waals surface area contributed by atoms with Crippen molar-refractivity contribution in [3.63, 3.8) is 0 Å². The predicted molar refractivity (Wildman–Crippen MR) is 179 cm³/mol. The van der Waals surface area contributed by atoms with E-state index < -0.39 is 5.91 Å². The van der Waals surface area contributed by atoms with Crippen LogP contribution in [0.4, 0.5) is 11.4 Å². The number of anilines is 2. The average Bonchev–Trinajstić information content (AvgIpc) is 3.47. The fourth-order valence-electron chi connectivity index (χ4n) is 5.66. The predicted octanol–water partition coefficient (Wildman–Crippen LogP) is 5.07. The topological polar surface area (TPSA) is 134 Å². The summed E-state index contributed by atoms with van der Waals surface area (Å²) in [4.78, 5) is 37.6. The molecule has 0 unspecified atom stereocenters. The molecule has 0 bridgehead atoms. The molecule has 1 aliphatic rings. The summed E-state index contributed by atoms with van der Waals surface area (Å²) >= 11 is 0. The summed E-state index contributed by atoms with van der Waals surface area (Å²) in [5, 5.41) is 21.1. The number of hydrogen-bond acceptors (Lipinski definition) is 8. The van der Waals surface area contributed by atoms with Crippen LogP contribution in [0.5, 0.6) is 0 Å². The molecule has 244 valence electrons. The second-order valence-electron chi connectivity index (χ2n) is 11.6. The van der Waals surface area contributed by atoms with Gasteiger partial charge in [0.15, 0.2) is 5.65 Å². The number of aromatic nitrogens is 3. The van der Waals surface area contributed by atoms with E-state index in [-0.39, 0.29) is 18.6 Å². The van der Waals surface area contributed by atoms with Crippen molar-refractivity contribution in [1.29, 1.82) is 0 Å². The molecule has 2 amide bonds. The minimum atomic E-state index is -0.430. The first kappa shape index (κ1) is 34.2. The van der Waals surface area contributed by atoms with Crippen LogP contribution in [0, 0.1) is 0 Å². The number of pyridine rings is 1. The molecule has 11 heteroatoms. The second-order valence-corrected chi connectivity index (χ2v) is 11.6. The van der Waals surface area contributed by atoms with Crippen molar-refractivity contribution in [3.05, 3.63) is 47.3 Å². The van der Waals surface area contributed by atoms with E-state index in [1.165, 1.54) is 0 Å². The molecule has 1 aliphatic heterocycles. The fraction of sp³-hybridized carbons (Fsp3) is 0.559. The largest absolute Gasteiger partial charge is 0.395 e. The number of fused-ring (bicyclic) bond motifs is 1. The number of carbonyl (C=O) groups excluding carboxylic acids is 2. The van der Waals surface area contributed by atoms with E-state index in [4.69, 9.17) is 14.8 Å². The van der Waals surface area contributed by atoms with E-state index in [1.807, 2.05) is 31.8 Å². The standard InChI is InChI=1S/C34H49N7O4/c1-4-29-27(32(37-25-16-21-45-22-17-25)28-24-36-41(5-2)33(28)39-29)23-35-34(44)26-13-10-11-14-30(26)38-31(43)15-9-7-6-8-12-18-40(3)19-20-42/h10-11,13-14,23-25,42H,4-9,12,15-22H2,1-3H3,(H,37,39)(H,38,43). The maximum atomic E-state index is 13.4. The Kier molecular flexibility index (Phi) is 13.5. The first-order chi connectivity index (χ1) is 21.9. The highest BCUT2D eigenvalue weighted by Crippen LogP contribution is 2.30. The van der Waals surface area contributed by atoms with Gasteiger partial charge in [0.05, 0.1) is 40.8 Å². The molecule has 1 fully saturated rings. The number of aryl methyl sites for hydroxylation is 2. The molecule has 11 nitrogen and oxygen atoms in total. The zero-order chi connectivity index (χ0) is 32.0. The van der Waals surface area contributed by atoms with Crippen LogP contribution >= 0.6 is 0 Å². The highest BCUT2D eigenvalue weighted by Gasteiger charge is 2.21. The van der Waals surface area contributed by atoms with Gasteiger partial charge in [-0.05, 0) is 64.8 Å². The summed E-state index contributed by atoms with van der Waals surface area (Å²) in [7, 11) is 2.01. The smallest absolute Gasteiger partial charge is 0.279 e. The van der Waals surface area contributed by atoms with Gasteiger partial charge in [-0.25, -0.2) is 14.7 Å². The molecular weight excluding hydrogens is 570 g/mol. The van der Waals surface area contributed by atoms with Gasteiger partial charge in [-0.1, -0.05) is 38.3 Å². The van der Waals surface area contributed by atoms with Crippen molar-refractivity contribution >= 4 is 40.4 Å². The monoisotopic (exact) mass is 619 g/mol. The summed E-state index contributed by atoms with van der Waals surface area (Å²) in [5.41, 5.74) is 4.12. The molecule has 1 aromatic carbocycles. The number of aliphatic hydroxyl groups excluding tert-OH is 1. The van der Waals surface area contributed by atoms with Crippen LogP contribution in [-0.4, -0.2) is 88.8 Å². The number of ether oxygens (including phenoxy) is 1. The van der Waals surface area contributed by atoms with E-state index in [0.29, 0.717) is 50.4 Å². The van der Waals surface area contributed by atoms with Crippen molar-refractivity contribution < 1.29 is 19.4 Å². The van der Waals surface area contributed by atoms with Crippen molar-refractivity contribution in [1.82, 2.24) is 19.7 Å². The number of para-hydroxylation sites is 1. The zero-order valence-corrected chi connectivity index (χ0v) is 27.1. The van der Waals surface area contributed by atoms with Crippen LogP contribution in [0.25, 0.3) is 11.0 Å². The van der Waals surface area contributed by atoms with Crippen LogP contribution in [0.1, 0.15) is 86.8 Å². The molecule has 0 saturated carbocycles. The number of amides is 2. The molecule has 0 radical (unpaired) electrons. The van der Waals surface area contributed by atoms with E-state index in [2.05, 4.69) is 25.6 Å². The van der Waals surface area contributed by atoms with Crippen molar-refractivity contribution in [2.75, 3.05) is 50.6 Å². The van der Waals surface area contributed by atoms with Gasteiger partial charge in [0, 0.05) is 50.5 Å². The number of aliphatic imine (C=N–C) groups is 1. The van der Waals surface area contributed by atoms with Crippen molar-refractivity contribution in [2.45, 2.75) is 84.2 Å². The SMILES string of the molecule is CCc1nc2c(cnn2CC)c(NC2CCOCC2)c1C=NC(=O)c1ccccc1NC(=O)CCCCCCCN(C)CCO. The third kappa shape index (κ3) is 9.66. The van der Waals surface area contributed by atoms with Crippen LogP contribution in [0.2, 0.25) is 0 Å². The molecule has 4 rings (SSSR count). The number of benzene rings is 1. The average molecular weight is 620 g/mol. The lowest BCUT2D eigenvalue weighted by molar-refractivity contribution is -0.116. The van der Waals surface area contributed by atoms with Crippen LogP contribution in [0.15, 0.2) is 35.5 Å². The molecule has 3 heterocycles. The van der Waals surface area contributed by atoms with Gasteiger partial charge in [-0.3, -0.25) is 9.59 Å². The fourth-order valence-corrected chi connectivity index (χ4v) is 5.66. The lowest BCUT2D eigenvalue weighted by Gasteiger charge is -2.26. The lowest BCUT2D eigenvalue weighted by atomic mass is 10.0. The Morgan fingerprint density at radius 3 is 2.62 bits per heavy atom. The summed E-state index contributed by atoms with van der Waals surface area (Å²) in [6.07, 6.45) is 11.3. The van der Waals surface area contributed by atoms with E-state index in [9.17, 15) is 9.59 Å². The first-order valence-electron chi connectivity index (χ1n) is 16.4. The molecule has 2 aromatic heterocycles. The molecule has 0 aliphatic carbocycles. The molecule has 3 aromatic rings. The summed E-state index contributed by atoms with van der Waals surface area (Å²) in [6, 6.07) is 7.25. The first-order valence-corrected chi connectivity index (χ1v) is 16.4. The lowest BCUT2D eigenvalue weighted by Crippen LogP contribution is -2.28. The number of carbonyl (C=O) groups is 2. The molecule has 45 heavy (non-hydrogen) atoms. The summed E-state index contributed by atoms with van der Waals surface area (Å²) in [5.74, 6) is -0.541. The number of likely N-dealkylation sites (N-methyl/N-ethyl adjacent to an activating group) is 1. The number of aliphatic hydroxyl groups is 1. The number of rotatable bonds is 17. The van der Waals surface area contributed by atoms with Gasteiger partial charge >= 0.3 is 0 Å². The minimum absolute atomic E-state index is 0.110. The Hall–Kier alpha value is -3.67. The third-order valence-corrected chi connectivity index (χ3v) is 8.27. The highest BCUT2D eigenvalue weighted by molar-refractivity contribution is 6.10. The van der Waals surface area contributed by atoms with Gasteiger partial charge in [0.25, 0.3) is 5.91 Å². The van der Waals surface area contributed by atoms with Gasteiger partial charge in [0.2, 0.25) is 5.91 Å². The Balaban J connectivity index is 1.43. The van der Waals surface area contributed by atoms with Gasteiger partial charge in [-0.2, -0.15) is 5.10 Å². The molecule has 1 saturated heterocycles. The quantitative estimate of drug-likeness (QED) is 0.141. The van der Waals surface area contributed by atoms with Gasteiger partial charge in [-0.15, -0.1) is 0 Å². The normalized spacial score (nSPS) is 14.1.